The van der Waals surface area contributed by atoms with Gasteiger partial charge in [0.1, 0.15) is 11.6 Å². The molecule has 1 heterocycles. The Balaban J connectivity index is 1.32. The van der Waals surface area contributed by atoms with Crippen molar-refractivity contribution in [3.8, 4) is 11.3 Å². The number of nitrogens with zero attached hydrogens (tertiary/aromatic N) is 4. The van der Waals surface area contributed by atoms with Gasteiger partial charge < -0.3 is 9.80 Å². The van der Waals surface area contributed by atoms with Crippen molar-refractivity contribution in [2.75, 3.05) is 9.80 Å². The van der Waals surface area contributed by atoms with Crippen molar-refractivity contribution >= 4 is 66.7 Å². The van der Waals surface area contributed by atoms with Gasteiger partial charge in [-0.25, -0.2) is 13.8 Å². The second-order valence-corrected chi connectivity index (χ2v) is 12.6. The summed E-state index contributed by atoms with van der Waals surface area (Å²) >= 11 is 0. The number of hydrogen-bond donors (Lipinski definition) is 0. The van der Waals surface area contributed by atoms with Crippen LogP contribution < -0.4 is 9.80 Å². The van der Waals surface area contributed by atoms with Crippen molar-refractivity contribution in [1.82, 2.24) is 9.97 Å². The van der Waals surface area contributed by atoms with Gasteiger partial charge in [-0.3, -0.25) is 4.98 Å². The molecular formula is C46H30F2N4. The molecule has 0 fully saturated rings. The van der Waals surface area contributed by atoms with Crippen LogP contribution in [0.5, 0.6) is 0 Å². The highest BCUT2D eigenvalue weighted by molar-refractivity contribution is 6.24. The van der Waals surface area contributed by atoms with Crippen LogP contribution in [0.4, 0.5) is 42.9 Å². The predicted molar refractivity (Wildman–Crippen MR) is 209 cm³/mol. The lowest BCUT2D eigenvalue weighted by molar-refractivity contribution is 0.584. The molecule has 0 aliphatic heterocycles. The maximum atomic E-state index is 14.5. The normalized spacial score (nSPS) is 11.3. The molecule has 9 rings (SSSR count). The van der Waals surface area contributed by atoms with Crippen molar-refractivity contribution < 1.29 is 8.78 Å². The van der Waals surface area contributed by atoms with Crippen LogP contribution in [0.1, 0.15) is 0 Å². The first-order chi connectivity index (χ1) is 25.6. The lowest BCUT2D eigenvalue weighted by Crippen LogP contribution is -2.10. The van der Waals surface area contributed by atoms with Crippen LogP contribution >= 0.6 is 0 Å². The first-order valence-corrected chi connectivity index (χ1v) is 17.0. The van der Waals surface area contributed by atoms with Gasteiger partial charge in [-0.15, -0.1) is 0 Å². The molecule has 0 atom stereocenters. The van der Waals surface area contributed by atoms with E-state index in [4.69, 9.17) is 9.97 Å². The number of benzene rings is 8. The zero-order chi connectivity index (χ0) is 35.0. The Hall–Kier alpha value is -6.92. The fourth-order valence-corrected chi connectivity index (χ4v) is 7.02. The summed E-state index contributed by atoms with van der Waals surface area (Å²) in [6.45, 7) is 0. The van der Waals surface area contributed by atoms with Crippen LogP contribution in [-0.2, 0) is 0 Å². The average Bonchev–Trinajstić information content (AvgIpc) is 3.19. The molecule has 0 saturated heterocycles. The van der Waals surface area contributed by atoms with Crippen LogP contribution in [-0.4, -0.2) is 9.97 Å². The molecule has 0 spiro atoms. The second kappa shape index (κ2) is 13.1. The van der Waals surface area contributed by atoms with Crippen molar-refractivity contribution in [3.63, 3.8) is 0 Å². The Morgan fingerprint density at radius 2 is 0.769 bits per heavy atom. The SMILES string of the molecule is Fc1cc(F)cc(-c2cnc3c4cc(N(c5ccccc5)c5ccccc5)ccc4c4ccc(N(c5ccccc5)c5ccccc5)cc4c3n2)c1. The Kier molecular flexibility index (Phi) is 7.82. The zero-order valence-electron chi connectivity index (χ0n) is 27.9. The first-order valence-electron chi connectivity index (χ1n) is 17.0. The number of anilines is 6. The summed E-state index contributed by atoms with van der Waals surface area (Å²) < 4.78 is 28.9. The lowest BCUT2D eigenvalue weighted by Gasteiger charge is -2.27. The Bertz CT molecular complexity index is 2610. The summed E-state index contributed by atoms with van der Waals surface area (Å²) in [7, 11) is 0. The lowest BCUT2D eigenvalue weighted by atomic mass is 9.97. The molecule has 0 N–H and O–H groups in total. The molecular weight excluding hydrogens is 647 g/mol. The van der Waals surface area contributed by atoms with Gasteiger partial charge in [0.25, 0.3) is 0 Å². The molecule has 0 aliphatic rings. The van der Waals surface area contributed by atoms with Gasteiger partial charge >= 0.3 is 0 Å². The van der Waals surface area contributed by atoms with Crippen molar-refractivity contribution in [3.05, 3.63) is 194 Å². The number of fused-ring (bicyclic) bond motifs is 6. The minimum Gasteiger partial charge on any atom is -0.310 e. The van der Waals surface area contributed by atoms with Gasteiger partial charge in [0.05, 0.1) is 22.9 Å². The van der Waals surface area contributed by atoms with E-state index in [9.17, 15) is 8.78 Å². The van der Waals surface area contributed by atoms with Crippen molar-refractivity contribution in [2.45, 2.75) is 0 Å². The van der Waals surface area contributed by atoms with Crippen molar-refractivity contribution in [1.29, 1.82) is 0 Å². The topological polar surface area (TPSA) is 32.3 Å². The van der Waals surface area contributed by atoms with Gasteiger partial charge in [0, 0.05) is 56.5 Å². The van der Waals surface area contributed by atoms with E-state index in [1.54, 1.807) is 6.20 Å². The van der Waals surface area contributed by atoms with Crippen LogP contribution in [0, 0.1) is 11.6 Å². The second-order valence-electron chi connectivity index (χ2n) is 12.6. The molecule has 0 bridgehead atoms. The van der Waals surface area contributed by atoms with E-state index in [2.05, 4.69) is 94.7 Å². The van der Waals surface area contributed by atoms with E-state index in [0.29, 0.717) is 22.3 Å². The third-order valence-corrected chi connectivity index (χ3v) is 9.31. The molecule has 0 radical (unpaired) electrons. The summed E-state index contributed by atoms with van der Waals surface area (Å²) in [5, 5.41) is 3.79. The van der Waals surface area contributed by atoms with Crippen LogP contribution in [0.3, 0.4) is 0 Å². The minimum absolute atomic E-state index is 0.319. The largest absolute Gasteiger partial charge is 0.310 e. The van der Waals surface area contributed by atoms with Gasteiger partial charge in [-0.1, -0.05) is 84.9 Å². The zero-order valence-corrected chi connectivity index (χ0v) is 27.9. The number of hydrogen-bond acceptors (Lipinski definition) is 4. The molecule has 9 aromatic rings. The minimum atomic E-state index is -0.671. The summed E-state index contributed by atoms with van der Waals surface area (Å²) in [5.74, 6) is -1.34. The first kappa shape index (κ1) is 31.1. The third-order valence-electron chi connectivity index (χ3n) is 9.31. The van der Waals surface area contributed by atoms with Crippen molar-refractivity contribution in [2.24, 2.45) is 0 Å². The maximum absolute atomic E-state index is 14.5. The highest BCUT2D eigenvalue weighted by Gasteiger charge is 2.19. The average molecular weight is 677 g/mol. The highest BCUT2D eigenvalue weighted by Crippen LogP contribution is 2.43. The number of aromatic nitrogens is 2. The van der Waals surface area contributed by atoms with Gasteiger partial charge in [0.2, 0.25) is 0 Å². The van der Waals surface area contributed by atoms with E-state index >= 15 is 0 Å². The number of rotatable bonds is 7. The molecule has 4 nitrogen and oxygen atoms in total. The molecule has 248 valence electrons. The predicted octanol–water partition coefficient (Wildman–Crippen LogP) is 12.8. The smallest absolute Gasteiger partial charge is 0.126 e. The third kappa shape index (κ3) is 5.66. The summed E-state index contributed by atoms with van der Waals surface area (Å²) in [6.07, 6.45) is 1.60. The molecule has 0 aliphatic carbocycles. The molecule has 52 heavy (non-hydrogen) atoms. The molecule has 8 aromatic carbocycles. The Morgan fingerprint density at radius 1 is 0.365 bits per heavy atom. The fraction of sp³-hybridized carbons (Fsp3) is 0. The monoisotopic (exact) mass is 676 g/mol. The Labute approximate surface area is 299 Å². The Morgan fingerprint density at radius 3 is 1.19 bits per heavy atom. The highest BCUT2D eigenvalue weighted by atomic mass is 19.1. The molecule has 6 heteroatoms. The summed E-state index contributed by atoms with van der Waals surface area (Å²) in [5.41, 5.74) is 7.97. The van der Waals surface area contributed by atoms with Gasteiger partial charge in [0.15, 0.2) is 0 Å². The molecule has 0 saturated carbocycles. The molecule has 0 unspecified atom stereocenters. The molecule has 1 aromatic heterocycles. The van der Waals surface area contributed by atoms with E-state index < -0.39 is 11.6 Å². The van der Waals surface area contributed by atoms with Crippen LogP contribution in [0.25, 0.3) is 43.8 Å². The van der Waals surface area contributed by atoms with E-state index in [-0.39, 0.29) is 0 Å². The maximum Gasteiger partial charge on any atom is 0.126 e. The molecule has 0 amide bonds. The van der Waals surface area contributed by atoms with Gasteiger partial charge in [-0.05, 0) is 95.7 Å². The van der Waals surface area contributed by atoms with E-state index in [0.717, 1.165) is 61.7 Å². The summed E-state index contributed by atoms with van der Waals surface area (Å²) in [4.78, 5) is 14.5. The summed E-state index contributed by atoms with van der Waals surface area (Å²) in [6, 6.07) is 57.2. The van der Waals surface area contributed by atoms with Crippen LogP contribution in [0.2, 0.25) is 0 Å². The fourth-order valence-electron chi connectivity index (χ4n) is 7.02. The quantitative estimate of drug-likeness (QED) is 0.157. The number of halogens is 2. The number of para-hydroxylation sites is 4. The van der Waals surface area contributed by atoms with E-state index in [1.165, 1.54) is 12.1 Å². The van der Waals surface area contributed by atoms with Crippen LogP contribution in [0.15, 0.2) is 182 Å². The van der Waals surface area contributed by atoms with Gasteiger partial charge in [-0.2, -0.15) is 0 Å². The van der Waals surface area contributed by atoms with E-state index in [1.807, 2.05) is 72.8 Å². The standard InChI is InChI=1S/C46H30F2N4/c47-32-25-31(26-33(48)27-32)44-30-49-45-42-28-38(51(34-13-5-1-6-14-34)35-15-7-2-8-16-35)21-23-40(42)41-24-22-39(29-43(41)46(45)50-44)52(36-17-9-3-10-18-36)37-19-11-4-12-20-37/h1-30H.